The van der Waals surface area contributed by atoms with E-state index in [0.29, 0.717) is 0 Å². The zero-order chi connectivity index (χ0) is 17.0. The molecule has 0 spiro atoms. The highest BCUT2D eigenvalue weighted by Gasteiger charge is 2.41. The Morgan fingerprint density at radius 2 is 0.920 bits per heavy atom. The third kappa shape index (κ3) is 3.65. The molecule has 0 radical (unpaired) electrons. The van der Waals surface area contributed by atoms with Crippen molar-refractivity contribution in [3.05, 3.63) is 71.8 Å². The van der Waals surface area contributed by atoms with Gasteiger partial charge in [-0.25, -0.2) is 3.63 Å². The minimum absolute atomic E-state index is 0.144. The number of hydrogen-bond acceptors (Lipinski definition) is 3. The molecule has 0 atom stereocenters. The molecule has 0 amide bonds. The monoisotopic (exact) mass is 370 g/mol. The average Bonchev–Trinajstić information content (AvgIpc) is 3.35. The van der Waals surface area contributed by atoms with E-state index >= 15 is 0 Å². The van der Waals surface area contributed by atoms with E-state index in [0.717, 1.165) is 0 Å². The fraction of sp³-hybridized carbons (Fsp3) is 0.455. The Kier molecular flexibility index (Phi) is 5.44. The van der Waals surface area contributed by atoms with Crippen molar-refractivity contribution >= 4 is 24.1 Å². The van der Waals surface area contributed by atoms with E-state index in [-0.39, 0.29) is 9.49 Å². The first-order valence-corrected chi connectivity index (χ1v) is 11.0. The maximum absolute atomic E-state index is 6.35. The van der Waals surface area contributed by atoms with Crippen LogP contribution in [-0.2, 0) is 13.1 Å². The van der Waals surface area contributed by atoms with Gasteiger partial charge in [0.15, 0.2) is 0 Å². The van der Waals surface area contributed by atoms with Crippen LogP contribution in [0.3, 0.4) is 0 Å². The van der Waals surface area contributed by atoms with Gasteiger partial charge in [-0.1, -0.05) is 86.3 Å². The van der Waals surface area contributed by atoms with Crippen molar-refractivity contribution in [3.63, 3.8) is 0 Å². The zero-order valence-electron chi connectivity index (χ0n) is 14.7. The highest BCUT2D eigenvalue weighted by atomic mass is 32.2. The van der Waals surface area contributed by atoms with Crippen molar-refractivity contribution in [1.29, 1.82) is 0 Å². The lowest BCUT2D eigenvalue weighted by Crippen LogP contribution is -2.20. The van der Waals surface area contributed by atoms with Gasteiger partial charge >= 0.3 is 0 Å². The summed E-state index contributed by atoms with van der Waals surface area (Å²) in [6.45, 7) is 0. The van der Waals surface area contributed by atoms with Crippen LogP contribution in [0.5, 0.6) is 0 Å². The number of hydrogen-bond donors (Lipinski definition) is 0. The van der Waals surface area contributed by atoms with E-state index in [4.69, 9.17) is 3.63 Å². The summed E-state index contributed by atoms with van der Waals surface area (Å²) in [6.07, 6.45) is 10.1. The molecule has 132 valence electrons. The molecule has 0 heterocycles. The molecule has 2 fully saturated rings. The maximum Gasteiger partial charge on any atom is 0.0683 e. The summed E-state index contributed by atoms with van der Waals surface area (Å²) >= 11 is 3.46. The SMILES string of the molecule is c1ccc(C2(SOSC3(c4ccccc4)CCCC3)CCCC2)cc1. The van der Waals surface area contributed by atoms with Crippen molar-refractivity contribution < 1.29 is 3.63 Å². The second-order valence-corrected chi connectivity index (χ2v) is 9.81. The third-order valence-electron chi connectivity index (χ3n) is 5.81. The van der Waals surface area contributed by atoms with Crippen LogP contribution in [0.4, 0.5) is 0 Å². The van der Waals surface area contributed by atoms with Gasteiger partial charge in [-0.3, -0.25) is 0 Å². The van der Waals surface area contributed by atoms with E-state index in [1.807, 2.05) is 0 Å². The Bertz CT molecular complexity index is 599. The normalized spacial score (nSPS) is 21.4. The van der Waals surface area contributed by atoms with Crippen molar-refractivity contribution in [2.75, 3.05) is 0 Å². The van der Waals surface area contributed by atoms with Gasteiger partial charge in [-0.05, 0) is 36.8 Å². The number of rotatable bonds is 6. The molecule has 0 aliphatic heterocycles. The van der Waals surface area contributed by atoms with Crippen molar-refractivity contribution in [3.8, 4) is 0 Å². The highest BCUT2D eigenvalue weighted by molar-refractivity contribution is 8.08. The van der Waals surface area contributed by atoms with E-state index in [1.54, 1.807) is 24.1 Å². The smallest absolute Gasteiger partial charge is 0.0683 e. The Morgan fingerprint density at radius 3 is 1.28 bits per heavy atom. The average molecular weight is 371 g/mol. The van der Waals surface area contributed by atoms with Gasteiger partial charge in [-0.2, -0.15) is 0 Å². The Balaban J connectivity index is 1.48. The van der Waals surface area contributed by atoms with Crippen LogP contribution in [0.1, 0.15) is 62.5 Å². The van der Waals surface area contributed by atoms with Crippen LogP contribution < -0.4 is 0 Å². The van der Waals surface area contributed by atoms with Crippen LogP contribution in [0.2, 0.25) is 0 Å². The van der Waals surface area contributed by atoms with Crippen molar-refractivity contribution in [2.45, 2.75) is 60.9 Å². The van der Waals surface area contributed by atoms with Crippen molar-refractivity contribution in [2.24, 2.45) is 0 Å². The third-order valence-corrected chi connectivity index (χ3v) is 8.28. The van der Waals surface area contributed by atoms with Gasteiger partial charge in [-0.15, -0.1) is 0 Å². The molecular weight excluding hydrogens is 344 g/mol. The molecule has 0 N–H and O–H groups in total. The summed E-state index contributed by atoms with van der Waals surface area (Å²) in [7, 11) is 0. The van der Waals surface area contributed by atoms with E-state index < -0.39 is 0 Å². The first-order chi connectivity index (χ1) is 12.3. The lowest BCUT2D eigenvalue weighted by Gasteiger charge is -2.31. The lowest BCUT2D eigenvalue weighted by atomic mass is 9.97. The predicted octanol–water partition coefficient (Wildman–Crippen LogP) is 7.24. The summed E-state index contributed by atoms with van der Waals surface area (Å²) in [6, 6.07) is 21.9. The largest absolute Gasteiger partial charge is 0.245 e. The zero-order valence-corrected chi connectivity index (χ0v) is 16.3. The van der Waals surface area contributed by atoms with Gasteiger partial charge in [0.25, 0.3) is 0 Å². The molecule has 25 heavy (non-hydrogen) atoms. The fourth-order valence-corrected chi connectivity index (χ4v) is 6.92. The molecule has 0 aromatic heterocycles. The molecule has 0 bridgehead atoms. The van der Waals surface area contributed by atoms with Crippen LogP contribution in [0.25, 0.3) is 0 Å². The van der Waals surface area contributed by atoms with Crippen molar-refractivity contribution in [1.82, 2.24) is 0 Å². The molecule has 2 aromatic rings. The maximum atomic E-state index is 6.35. The summed E-state index contributed by atoms with van der Waals surface area (Å²) in [4.78, 5) is 0. The summed E-state index contributed by atoms with van der Waals surface area (Å²) < 4.78 is 6.64. The standard InChI is InChI=1S/C22H26OS2/c1-3-11-19(12-4-1)21(15-7-8-16-21)24-23-25-22(17-9-10-18-22)20-13-5-2-6-14-20/h1-6,11-14H,7-10,15-18H2. The molecule has 3 heteroatoms. The van der Waals surface area contributed by atoms with Gasteiger partial charge in [0.05, 0.1) is 9.49 Å². The van der Waals surface area contributed by atoms with E-state index in [9.17, 15) is 0 Å². The molecule has 0 unspecified atom stereocenters. The second-order valence-electron chi connectivity index (χ2n) is 7.37. The molecule has 2 aliphatic rings. The lowest BCUT2D eigenvalue weighted by molar-refractivity contribution is 0.576. The van der Waals surface area contributed by atoms with Crippen LogP contribution in [0.15, 0.2) is 60.7 Å². The molecule has 2 aromatic carbocycles. The molecule has 4 rings (SSSR count). The molecule has 1 nitrogen and oxygen atoms in total. The number of benzene rings is 2. The quantitative estimate of drug-likeness (QED) is 0.496. The minimum atomic E-state index is 0.144. The first-order valence-electron chi connectivity index (χ1n) is 9.48. The Morgan fingerprint density at radius 1 is 0.560 bits per heavy atom. The topological polar surface area (TPSA) is 9.23 Å². The molecule has 2 saturated carbocycles. The summed E-state index contributed by atoms with van der Waals surface area (Å²) in [5.41, 5.74) is 2.86. The van der Waals surface area contributed by atoms with Gasteiger partial charge < -0.3 is 0 Å². The first kappa shape index (κ1) is 17.5. The highest BCUT2D eigenvalue weighted by Crippen LogP contribution is 2.56. The Labute approximate surface area is 160 Å². The van der Waals surface area contributed by atoms with Gasteiger partial charge in [0.2, 0.25) is 0 Å². The minimum Gasteiger partial charge on any atom is -0.245 e. The Hall–Kier alpha value is -0.900. The van der Waals surface area contributed by atoms with Crippen LogP contribution in [-0.4, -0.2) is 0 Å². The molecular formula is C22H26OS2. The fourth-order valence-electron chi connectivity index (χ4n) is 4.36. The predicted molar refractivity (Wildman–Crippen MR) is 109 cm³/mol. The summed E-state index contributed by atoms with van der Waals surface area (Å²) in [5, 5.41) is 0. The van der Waals surface area contributed by atoms with Crippen LogP contribution in [0, 0.1) is 0 Å². The molecule has 2 aliphatic carbocycles. The van der Waals surface area contributed by atoms with E-state index in [1.165, 1.54) is 62.5 Å². The van der Waals surface area contributed by atoms with Gasteiger partial charge in [0, 0.05) is 24.1 Å². The molecule has 0 saturated heterocycles. The van der Waals surface area contributed by atoms with E-state index in [2.05, 4.69) is 60.7 Å². The van der Waals surface area contributed by atoms with Crippen LogP contribution >= 0.6 is 24.1 Å². The van der Waals surface area contributed by atoms with Gasteiger partial charge in [0.1, 0.15) is 0 Å². The second kappa shape index (κ2) is 7.77. The summed E-state index contributed by atoms with van der Waals surface area (Å²) in [5.74, 6) is 0.